The van der Waals surface area contributed by atoms with E-state index in [2.05, 4.69) is 5.32 Å². The highest BCUT2D eigenvalue weighted by Gasteiger charge is 2.25. The summed E-state index contributed by atoms with van der Waals surface area (Å²) in [6.45, 7) is 2.20. The second-order valence-electron chi connectivity index (χ2n) is 6.35. The SMILES string of the molecule is COCc1ccc(NC(=O)N2CCN(C(=O)c3cccc(F)c3)CC2)cc1. The molecule has 142 valence electrons. The van der Waals surface area contributed by atoms with Gasteiger partial charge in [0.25, 0.3) is 5.91 Å². The molecule has 2 aromatic rings. The predicted octanol–water partition coefficient (Wildman–Crippen LogP) is 2.96. The average molecular weight is 371 g/mol. The second kappa shape index (κ2) is 8.64. The summed E-state index contributed by atoms with van der Waals surface area (Å²) in [7, 11) is 1.63. The highest BCUT2D eigenvalue weighted by molar-refractivity contribution is 5.94. The van der Waals surface area contributed by atoms with Crippen LogP contribution < -0.4 is 5.32 Å². The molecule has 0 aliphatic carbocycles. The van der Waals surface area contributed by atoms with E-state index in [1.165, 1.54) is 18.2 Å². The maximum Gasteiger partial charge on any atom is 0.321 e. The Morgan fingerprint density at radius 3 is 2.33 bits per heavy atom. The first-order chi connectivity index (χ1) is 13.1. The monoisotopic (exact) mass is 371 g/mol. The van der Waals surface area contributed by atoms with Gasteiger partial charge in [-0.3, -0.25) is 4.79 Å². The van der Waals surface area contributed by atoms with Crippen molar-refractivity contribution in [2.75, 3.05) is 38.6 Å². The maximum atomic E-state index is 13.3. The Labute approximate surface area is 157 Å². The predicted molar refractivity (Wildman–Crippen MR) is 100 cm³/mol. The summed E-state index contributed by atoms with van der Waals surface area (Å²) in [6.07, 6.45) is 0. The minimum Gasteiger partial charge on any atom is -0.380 e. The number of halogens is 1. The highest BCUT2D eigenvalue weighted by atomic mass is 19.1. The standard InChI is InChI=1S/C20H22FN3O3/c1-27-14-15-5-7-18(8-6-15)22-20(26)24-11-9-23(10-12-24)19(25)16-3-2-4-17(21)13-16/h2-8,13H,9-12,14H2,1H3,(H,22,26). The number of hydrogen-bond donors (Lipinski definition) is 1. The van der Waals surface area contributed by atoms with Crippen LogP contribution in [0.4, 0.5) is 14.9 Å². The summed E-state index contributed by atoms with van der Waals surface area (Å²) >= 11 is 0. The van der Waals surface area contributed by atoms with Gasteiger partial charge in [0.2, 0.25) is 0 Å². The molecule has 3 amide bonds. The molecular weight excluding hydrogens is 349 g/mol. The van der Waals surface area contributed by atoms with Crippen LogP contribution in [0.3, 0.4) is 0 Å². The number of rotatable bonds is 4. The highest BCUT2D eigenvalue weighted by Crippen LogP contribution is 2.14. The molecular formula is C20H22FN3O3. The molecule has 7 heteroatoms. The number of carbonyl (C=O) groups excluding carboxylic acids is 2. The van der Waals surface area contributed by atoms with Crippen molar-refractivity contribution in [2.24, 2.45) is 0 Å². The lowest BCUT2D eigenvalue weighted by molar-refractivity contribution is 0.0671. The first kappa shape index (κ1) is 18.8. The molecule has 2 aromatic carbocycles. The molecule has 1 aliphatic heterocycles. The molecule has 0 spiro atoms. The van der Waals surface area contributed by atoms with E-state index in [1.54, 1.807) is 23.0 Å². The molecule has 1 fully saturated rings. The summed E-state index contributed by atoms with van der Waals surface area (Å²) in [5.74, 6) is -0.654. The molecule has 27 heavy (non-hydrogen) atoms. The molecule has 1 saturated heterocycles. The van der Waals surface area contributed by atoms with Gasteiger partial charge in [-0.25, -0.2) is 9.18 Å². The van der Waals surface area contributed by atoms with Gasteiger partial charge in [-0.15, -0.1) is 0 Å². The number of urea groups is 1. The van der Waals surface area contributed by atoms with Crippen molar-refractivity contribution in [2.45, 2.75) is 6.61 Å². The van der Waals surface area contributed by atoms with Gasteiger partial charge in [-0.1, -0.05) is 18.2 Å². The number of anilines is 1. The Morgan fingerprint density at radius 1 is 1.04 bits per heavy atom. The van der Waals surface area contributed by atoms with Crippen molar-refractivity contribution < 1.29 is 18.7 Å². The quantitative estimate of drug-likeness (QED) is 0.899. The third-order valence-corrected chi connectivity index (χ3v) is 4.44. The van der Waals surface area contributed by atoms with E-state index >= 15 is 0 Å². The van der Waals surface area contributed by atoms with Gasteiger partial charge in [0.05, 0.1) is 6.61 Å². The van der Waals surface area contributed by atoms with Crippen molar-refractivity contribution in [1.82, 2.24) is 9.80 Å². The Hall–Kier alpha value is -2.93. The van der Waals surface area contributed by atoms with Gasteiger partial charge in [0.1, 0.15) is 5.82 Å². The smallest absolute Gasteiger partial charge is 0.321 e. The van der Waals surface area contributed by atoms with Crippen LogP contribution in [0.1, 0.15) is 15.9 Å². The molecule has 6 nitrogen and oxygen atoms in total. The maximum absolute atomic E-state index is 13.3. The molecule has 0 saturated carbocycles. The Bertz CT molecular complexity index is 802. The van der Waals surface area contributed by atoms with E-state index in [4.69, 9.17) is 4.74 Å². The molecule has 1 heterocycles. The number of nitrogens with one attached hydrogen (secondary N) is 1. The van der Waals surface area contributed by atoms with Gasteiger partial charge < -0.3 is 19.9 Å². The molecule has 0 unspecified atom stereocenters. The Kier molecular flexibility index (Phi) is 6.03. The van der Waals surface area contributed by atoms with Crippen molar-refractivity contribution >= 4 is 17.6 Å². The molecule has 3 rings (SSSR count). The Morgan fingerprint density at radius 2 is 1.70 bits per heavy atom. The zero-order valence-corrected chi connectivity index (χ0v) is 15.2. The van der Waals surface area contributed by atoms with Crippen LogP contribution in [0.25, 0.3) is 0 Å². The van der Waals surface area contributed by atoms with E-state index in [1.807, 2.05) is 24.3 Å². The number of nitrogens with zero attached hydrogens (tertiary/aromatic N) is 2. The van der Waals surface area contributed by atoms with Gasteiger partial charge in [0.15, 0.2) is 0 Å². The van der Waals surface area contributed by atoms with Crippen molar-refractivity contribution in [3.05, 3.63) is 65.5 Å². The lowest BCUT2D eigenvalue weighted by atomic mass is 10.2. The third kappa shape index (κ3) is 4.83. The number of ether oxygens (including phenoxy) is 1. The summed E-state index contributed by atoms with van der Waals surface area (Å²) in [6, 6.07) is 12.9. The molecule has 1 aliphatic rings. The summed E-state index contributed by atoms with van der Waals surface area (Å²) in [5.41, 5.74) is 2.06. The molecule has 0 radical (unpaired) electrons. The van der Waals surface area contributed by atoms with Crippen LogP contribution >= 0.6 is 0 Å². The first-order valence-corrected chi connectivity index (χ1v) is 8.75. The fraction of sp³-hybridized carbons (Fsp3) is 0.300. The number of piperazine rings is 1. The molecule has 0 atom stereocenters. The van der Waals surface area contributed by atoms with Crippen molar-refractivity contribution in [3.63, 3.8) is 0 Å². The second-order valence-corrected chi connectivity index (χ2v) is 6.35. The largest absolute Gasteiger partial charge is 0.380 e. The zero-order valence-electron chi connectivity index (χ0n) is 15.2. The van der Waals surface area contributed by atoms with Crippen LogP contribution in [-0.2, 0) is 11.3 Å². The van der Waals surface area contributed by atoms with Gasteiger partial charge in [-0.05, 0) is 35.9 Å². The summed E-state index contributed by atoms with van der Waals surface area (Å²) < 4.78 is 18.4. The van der Waals surface area contributed by atoms with Gasteiger partial charge in [-0.2, -0.15) is 0 Å². The normalized spacial score (nSPS) is 14.1. The third-order valence-electron chi connectivity index (χ3n) is 4.44. The van der Waals surface area contributed by atoms with Crippen LogP contribution in [0.15, 0.2) is 48.5 Å². The molecule has 0 aromatic heterocycles. The van der Waals surface area contributed by atoms with Crippen LogP contribution in [-0.4, -0.2) is 55.0 Å². The topological polar surface area (TPSA) is 61.9 Å². The number of hydrogen-bond acceptors (Lipinski definition) is 3. The van der Waals surface area contributed by atoms with E-state index in [9.17, 15) is 14.0 Å². The van der Waals surface area contributed by atoms with E-state index in [0.717, 1.165) is 5.56 Å². The lowest BCUT2D eigenvalue weighted by Gasteiger charge is -2.34. The zero-order chi connectivity index (χ0) is 19.2. The Balaban J connectivity index is 1.52. The van der Waals surface area contributed by atoms with Crippen molar-refractivity contribution in [3.8, 4) is 0 Å². The lowest BCUT2D eigenvalue weighted by Crippen LogP contribution is -2.51. The van der Waals surface area contributed by atoms with E-state index in [-0.39, 0.29) is 11.9 Å². The average Bonchev–Trinajstić information content (AvgIpc) is 2.69. The minimum atomic E-state index is -0.435. The number of carbonyl (C=O) groups is 2. The van der Waals surface area contributed by atoms with Gasteiger partial charge >= 0.3 is 6.03 Å². The van der Waals surface area contributed by atoms with Gasteiger partial charge in [0, 0.05) is 44.5 Å². The van der Waals surface area contributed by atoms with Crippen molar-refractivity contribution in [1.29, 1.82) is 0 Å². The fourth-order valence-electron chi connectivity index (χ4n) is 2.97. The molecule has 0 bridgehead atoms. The van der Waals surface area contributed by atoms with Crippen LogP contribution in [0.2, 0.25) is 0 Å². The number of benzene rings is 2. The molecule has 1 N–H and O–H groups in total. The van der Waals surface area contributed by atoms with E-state index in [0.29, 0.717) is 44.0 Å². The fourth-order valence-corrected chi connectivity index (χ4v) is 2.97. The number of methoxy groups -OCH3 is 1. The van der Waals surface area contributed by atoms with E-state index < -0.39 is 5.82 Å². The first-order valence-electron chi connectivity index (χ1n) is 8.75. The number of amides is 3. The summed E-state index contributed by atoms with van der Waals surface area (Å²) in [4.78, 5) is 28.1. The summed E-state index contributed by atoms with van der Waals surface area (Å²) in [5, 5.41) is 2.86. The van der Waals surface area contributed by atoms with Crippen LogP contribution in [0.5, 0.6) is 0 Å². The van der Waals surface area contributed by atoms with Crippen LogP contribution in [0, 0.1) is 5.82 Å². The minimum absolute atomic E-state index is 0.202.